The van der Waals surface area contributed by atoms with E-state index in [-0.39, 0.29) is 16.5 Å². The Kier molecular flexibility index (Phi) is 5.31. The molecule has 0 bridgehead atoms. The van der Waals surface area contributed by atoms with Gasteiger partial charge in [0.2, 0.25) is 10.0 Å². The van der Waals surface area contributed by atoms with Crippen molar-refractivity contribution in [2.24, 2.45) is 0 Å². The third-order valence-corrected chi connectivity index (χ3v) is 4.94. The van der Waals surface area contributed by atoms with Crippen molar-refractivity contribution in [3.8, 4) is 0 Å². The molecule has 0 fully saturated rings. The van der Waals surface area contributed by atoms with E-state index in [1.54, 1.807) is 0 Å². The van der Waals surface area contributed by atoms with E-state index in [0.717, 1.165) is 12.1 Å². The zero-order valence-corrected chi connectivity index (χ0v) is 12.7. The van der Waals surface area contributed by atoms with Gasteiger partial charge in [-0.05, 0) is 19.1 Å². The quantitative estimate of drug-likeness (QED) is 0.792. The highest BCUT2D eigenvalue weighted by Gasteiger charge is 2.24. The van der Waals surface area contributed by atoms with Crippen molar-refractivity contribution in [1.82, 2.24) is 4.72 Å². The maximum atomic E-state index is 13.7. The number of sulfonamides is 1. The van der Waals surface area contributed by atoms with Crippen molar-refractivity contribution in [1.29, 1.82) is 0 Å². The Labute approximate surface area is 118 Å². The van der Waals surface area contributed by atoms with Crippen LogP contribution in [0.5, 0.6) is 0 Å². The average Bonchev–Trinajstić information content (AvgIpc) is 2.20. The van der Waals surface area contributed by atoms with Gasteiger partial charge in [0, 0.05) is 33.9 Å². The van der Waals surface area contributed by atoms with Gasteiger partial charge < -0.3 is 5.73 Å². The van der Waals surface area contributed by atoms with Crippen molar-refractivity contribution in [2.75, 3.05) is 17.7 Å². The molecular formula is C10H14ClFN2O3S2. The van der Waals surface area contributed by atoms with Crippen molar-refractivity contribution in [3.63, 3.8) is 0 Å². The Morgan fingerprint density at radius 3 is 2.63 bits per heavy atom. The highest BCUT2D eigenvalue weighted by Crippen LogP contribution is 2.25. The van der Waals surface area contributed by atoms with Gasteiger partial charge in [0.15, 0.2) is 5.82 Å². The summed E-state index contributed by atoms with van der Waals surface area (Å²) >= 11 is 5.66. The lowest BCUT2D eigenvalue weighted by atomic mass is 10.3. The molecule has 0 radical (unpaired) electrons. The lowest BCUT2D eigenvalue weighted by molar-refractivity contribution is 0.551. The van der Waals surface area contributed by atoms with Gasteiger partial charge in [-0.1, -0.05) is 11.6 Å². The number of nitrogen functional groups attached to an aromatic ring is 1. The molecule has 3 N–H and O–H groups in total. The van der Waals surface area contributed by atoms with Crippen LogP contribution in [0.1, 0.15) is 6.92 Å². The van der Waals surface area contributed by atoms with E-state index in [4.69, 9.17) is 17.3 Å². The maximum absolute atomic E-state index is 13.7. The fourth-order valence-electron chi connectivity index (χ4n) is 1.49. The van der Waals surface area contributed by atoms with Crippen LogP contribution < -0.4 is 10.5 Å². The van der Waals surface area contributed by atoms with Crippen molar-refractivity contribution >= 4 is 38.1 Å². The summed E-state index contributed by atoms with van der Waals surface area (Å²) in [6.07, 6.45) is 1.45. The van der Waals surface area contributed by atoms with Gasteiger partial charge in [0.05, 0.1) is 5.69 Å². The minimum Gasteiger partial charge on any atom is -0.396 e. The second-order valence-electron chi connectivity index (χ2n) is 4.07. The number of halogens is 2. The van der Waals surface area contributed by atoms with Gasteiger partial charge in [-0.25, -0.2) is 17.5 Å². The van der Waals surface area contributed by atoms with Crippen LogP contribution in [0.15, 0.2) is 17.0 Å². The van der Waals surface area contributed by atoms with E-state index in [0.29, 0.717) is 0 Å². The Hall–Kier alpha value is -0.700. The Bertz CT molecular complexity index is 607. The van der Waals surface area contributed by atoms with Crippen LogP contribution >= 0.6 is 11.6 Å². The minimum absolute atomic E-state index is 0.0194. The molecule has 2 atom stereocenters. The van der Waals surface area contributed by atoms with Crippen LogP contribution in [-0.4, -0.2) is 30.7 Å². The fraction of sp³-hybridized carbons (Fsp3) is 0.400. The van der Waals surface area contributed by atoms with Crippen molar-refractivity contribution in [3.05, 3.63) is 23.0 Å². The molecule has 2 unspecified atom stereocenters. The second kappa shape index (κ2) is 6.17. The molecular weight excluding hydrogens is 315 g/mol. The molecule has 0 aliphatic carbocycles. The average molecular weight is 329 g/mol. The lowest BCUT2D eigenvalue weighted by Crippen LogP contribution is -2.36. The Morgan fingerprint density at radius 1 is 1.53 bits per heavy atom. The van der Waals surface area contributed by atoms with Crippen LogP contribution in [0, 0.1) is 5.82 Å². The van der Waals surface area contributed by atoms with E-state index in [1.807, 2.05) is 0 Å². The summed E-state index contributed by atoms with van der Waals surface area (Å²) in [6.45, 7) is 1.53. The predicted octanol–water partition coefficient (Wildman–Crippen LogP) is 1.11. The van der Waals surface area contributed by atoms with Crippen molar-refractivity contribution in [2.45, 2.75) is 17.9 Å². The molecule has 0 spiro atoms. The second-order valence-corrected chi connectivity index (χ2v) is 7.67. The predicted molar refractivity (Wildman–Crippen MR) is 74.5 cm³/mol. The standard InChI is InChI=1S/C10H14ClFN2O3S2/c1-6(5-18(2)15)14-19(16,17)9-4-7(11)3-8(13)10(9)12/h3-4,6,14H,5,13H2,1-2H3. The third-order valence-electron chi connectivity index (χ3n) is 2.16. The molecule has 9 heteroatoms. The SMILES string of the molecule is CC(CS(C)=O)NS(=O)(=O)c1cc(Cl)cc(N)c1F. The first-order valence-corrected chi connectivity index (χ1v) is 8.79. The summed E-state index contributed by atoms with van der Waals surface area (Å²) in [5, 5.41) is 0.0194. The van der Waals surface area contributed by atoms with Gasteiger partial charge >= 0.3 is 0 Å². The summed E-state index contributed by atoms with van der Waals surface area (Å²) in [5.74, 6) is -0.932. The molecule has 1 aromatic carbocycles. The zero-order chi connectivity index (χ0) is 14.8. The number of hydrogen-bond acceptors (Lipinski definition) is 4. The van der Waals surface area contributed by atoms with Gasteiger partial charge in [-0.15, -0.1) is 0 Å². The Morgan fingerprint density at radius 2 is 2.11 bits per heavy atom. The molecule has 5 nitrogen and oxygen atoms in total. The van der Waals surface area contributed by atoms with E-state index in [2.05, 4.69) is 4.72 Å². The molecule has 0 aromatic heterocycles. The Balaban J connectivity index is 3.11. The van der Waals surface area contributed by atoms with Gasteiger partial charge in [0.25, 0.3) is 0 Å². The number of rotatable bonds is 5. The smallest absolute Gasteiger partial charge is 0.243 e. The molecule has 1 aromatic rings. The summed E-state index contributed by atoms with van der Waals surface area (Å²) in [6, 6.07) is 1.50. The number of nitrogens with two attached hydrogens (primary N) is 1. The third kappa shape index (κ3) is 4.41. The van der Waals surface area contributed by atoms with Crippen molar-refractivity contribution < 1.29 is 17.0 Å². The number of anilines is 1. The summed E-state index contributed by atoms with van der Waals surface area (Å²) in [5.41, 5.74) is 4.98. The van der Waals surface area contributed by atoms with Gasteiger partial charge in [0.1, 0.15) is 4.90 Å². The monoisotopic (exact) mass is 328 g/mol. The molecule has 0 aliphatic rings. The van der Waals surface area contributed by atoms with Crippen LogP contribution in [0.2, 0.25) is 5.02 Å². The first-order chi connectivity index (χ1) is 8.63. The first kappa shape index (κ1) is 16.4. The number of nitrogens with one attached hydrogen (secondary N) is 1. The zero-order valence-electron chi connectivity index (χ0n) is 10.3. The van der Waals surface area contributed by atoms with Crippen LogP contribution in [0.25, 0.3) is 0 Å². The molecule has 0 amide bonds. The highest BCUT2D eigenvalue weighted by atomic mass is 35.5. The van der Waals surface area contributed by atoms with Crippen LogP contribution in [0.4, 0.5) is 10.1 Å². The van der Waals surface area contributed by atoms with E-state index in [9.17, 15) is 17.0 Å². The summed E-state index contributed by atoms with van der Waals surface area (Å²) in [4.78, 5) is -0.619. The van der Waals surface area contributed by atoms with Gasteiger partial charge in [-0.2, -0.15) is 0 Å². The molecule has 0 saturated carbocycles. The molecule has 0 heterocycles. The molecule has 0 saturated heterocycles. The van der Waals surface area contributed by atoms with E-state index >= 15 is 0 Å². The normalized spacial score (nSPS) is 15.2. The lowest BCUT2D eigenvalue weighted by Gasteiger charge is -2.14. The largest absolute Gasteiger partial charge is 0.396 e. The topological polar surface area (TPSA) is 89.3 Å². The summed E-state index contributed by atoms with van der Waals surface area (Å²) in [7, 11) is -5.28. The number of benzene rings is 1. The summed E-state index contributed by atoms with van der Waals surface area (Å²) < 4.78 is 50.9. The maximum Gasteiger partial charge on any atom is 0.243 e. The van der Waals surface area contributed by atoms with E-state index in [1.165, 1.54) is 13.2 Å². The van der Waals surface area contributed by atoms with E-state index < -0.39 is 37.6 Å². The number of hydrogen-bond donors (Lipinski definition) is 2. The van der Waals surface area contributed by atoms with Gasteiger partial charge in [-0.3, -0.25) is 4.21 Å². The molecule has 0 aliphatic heterocycles. The minimum atomic E-state index is -4.10. The highest BCUT2D eigenvalue weighted by molar-refractivity contribution is 7.89. The fourth-order valence-corrected chi connectivity index (χ4v) is 4.05. The van der Waals surface area contributed by atoms with Crippen LogP contribution in [0.3, 0.4) is 0 Å². The molecule has 108 valence electrons. The molecule has 1 rings (SSSR count). The van der Waals surface area contributed by atoms with Crippen LogP contribution in [-0.2, 0) is 20.8 Å². The molecule has 19 heavy (non-hydrogen) atoms. The first-order valence-electron chi connectivity index (χ1n) is 5.20.